The fourth-order valence-electron chi connectivity index (χ4n) is 18.2. The SMILES string of the molecule is CC(C)CCC[C@@H](C)[C@@H]1CC[C@@H]2[C@H]3CC=C4C[C@@H](OC(=O)CCC(=O)O[C@H]5CC[C@]6(C)C(=CC[C@@H]7[C@H]6CC[C@]6(C)[C@H]7CC[C@H]6[C@@H](C)CCCC(C)C)C5)CC[C@]4(C)[C@@H]3CC[C@@]21C. The lowest BCUT2D eigenvalue weighted by molar-refractivity contribution is -0.158. The normalized spacial score (nSPS) is 43.2. The van der Waals surface area contributed by atoms with E-state index in [1.54, 1.807) is 11.1 Å². The maximum Gasteiger partial charge on any atom is 0.306 e. The third kappa shape index (κ3) is 8.86. The Morgan fingerprint density at radius 3 is 1.32 bits per heavy atom. The second-order valence-electron chi connectivity index (χ2n) is 25.8. The number of ether oxygens (including phenoxy) is 2. The van der Waals surface area contributed by atoms with Crippen LogP contribution in [0.5, 0.6) is 0 Å². The first-order valence-corrected chi connectivity index (χ1v) is 27.2. The van der Waals surface area contributed by atoms with Crippen LogP contribution in [-0.4, -0.2) is 24.1 Å². The van der Waals surface area contributed by atoms with Crippen LogP contribution in [0.3, 0.4) is 0 Å². The van der Waals surface area contributed by atoms with Gasteiger partial charge in [0.2, 0.25) is 0 Å². The summed E-state index contributed by atoms with van der Waals surface area (Å²) in [6.07, 6.45) is 33.2. The van der Waals surface area contributed by atoms with Crippen molar-refractivity contribution in [2.24, 2.45) is 92.7 Å². The Morgan fingerprint density at radius 2 is 0.935 bits per heavy atom. The van der Waals surface area contributed by atoms with E-state index in [9.17, 15) is 9.59 Å². The van der Waals surface area contributed by atoms with Gasteiger partial charge in [0.25, 0.3) is 0 Å². The summed E-state index contributed by atoms with van der Waals surface area (Å²) in [5.74, 6) is 9.52. The number of allylic oxidation sites excluding steroid dienone is 2. The Balaban J connectivity index is 0.787. The number of hydrogen-bond donors (Lipinski definition) is 0. The van der Waals surface area contributed by atoms with E-state index in [0.717, 1.165) is 110 Å². The van der Waals surface area contributed by atoms with Crippen molar-refractivity contribution in [1.29, 1.82) is 0 Å². The van der Waals surface area contributed by atoms with E-state index in [1.807, 2.05) is 0 Å². The van der Waals surface area contributed by atoms with Crippen LogP contribution in [-0.2, 0) is 19.1 Å². The monoisotopic (exact) mass is 855 g/mol. The average Bonchev–Trinajstić information content (AvgIpc) is 3.77. The van der Waals surface area contributed by atoms with Crippen LogP contribution in [0, 0.1) is 92.7 Å². The highest BCUT2D eigenvalue weighted by molar-refractivity contribution is 5.77. The molecule has 0 aromatic rings. The Morgan fingerprint density at radius 1 is 0.532 bits per heavy atom. The van der Waals surface area contributed by atoms with Gasteiger partial charge < -0.3 is 9.47 Å². The van der Waals surface area contributed by atoms with Crippen LogP contribution >= 0.6 is 0 Å². The zero-order valence-electron chi connectivity index (χ0n) is 41.8. The summed E-state index contributed by atoms with van der Waals surface area (Å²) in [5, 5.41) is 0. The molecule has 0 heterocycles. The van der Waals surface area contributed by atoms with E-state index in [-0.39, 0.29) is 47.8 Å². The van der Waals surface area contributed by atoms with Crippen molar-refractivity contribution in [2.75, 3.05) is 0 Å². The van der Waals surface area contributed by atoms with Crippen LogP contribution in [0.2, 0.25) is 0 Å². The first-order chi connectivity index (χ1) is 29.5. The van der Waals surface area contributed by atoms with Crippen LogP contribution in [0.1, 0.15) is 223 Å². The van der Waals surface area contributed by atoms with Gasteiger partial charge in [-0.2, -0.15) is 0 Å². The largest absolute Gasteiger partial charge is 0.462 e. The topological polar surface area (TPSA) is 52.6 Å². The molecule has 6 fully saturated rings. The molecular weight excluding hydrogens is 761 g/mol. The minimum absolute atomic E-state index is 0.0604. The van der Waals surface area contributed by atoms with Crippen LogP contribution in [0.25, 0.3) is 0 Å². The molecule has 0 unspecified atom stereocenters. The fourth-order valence-corrected chi connectivity index (χ4v) is 18.2. The second kappa shape index (κ2) is 18.6. The fraction of sp³-hybridized carbons (Fsp3) is 0.897. The number of fused-ring (bicyclic) bond motifs is 10. The Labute approximate surface area is 381 Å². The maximum absolute atomic E-state index is 13.3. The van der Waals surface area contributed by atoms with Gasteiger partial charge in [-0.05, 0) is 183 Å². The molecule has 0 saturated heterocycles. The number of carbonyl (C=O) groups excluding carboxylic acids is 2. The first kappa shape index (κ1) is 46.9. The standard InChI is InChI=1S/C58H94O4/c1-37(2)13-11-15-39(5)47-21-23-49-45-19-17-41-35-43(27-31-55(41,7)51(45)29-33-57(47,49)9)61-53(59)25-26-54(60)62-44-28-32-56(8)42(36-44)18-20-46-50-24-22-48(40(6)16-12-14-38(3)4)58(50,10)34-30-52(46)56/h17-18,37-40,43-52H,11-16,19-36H2,1-10H3/t39-,40+,43-,44-,45-,46+,47-,48-,49-,50+,51+,52+,55+,56-,57-,58+/m0/s1. The highest BCUT2D eigenvalue weighted by atomic mass is 16.6. The zero-order chi connectivity index (χ0) is 44.2. The van der Waals surface area contributed by atoms with Crippen molar-refractivity contribution in [1.82, 2.24) is 0 Å². The van der Waals surface area contributed by atoms with Gasteiger partial charge in [-0.1, -0.05) is 131 Å². The molecule has 4 heteroatoms. The molecule has 0 N–H and O–H groups in total. The van der Waals surface area contributed by atoms with Gasteiger partial charge in [0.15, 0.2) is 0 Å². The summed E-state index contributed by atoms with van der Waals surface area (Å²) >= 11 is 0. The third-order valence-electron chi connectivity index (χ3n) is 21.6. The smallest absolute Gasteiger partial charge is 0.306 e. The Hall–Kier alpha value is -1.58. The number of rotatable bonds is 15. The summed E-state index contributed by atoms with van der Waals surface area (Å²) in [7, 11) is 0. The molecule has 8 aliphatic carbocycles. The van der Waals surface area contributed by atoms with Gasteiger partial charge in [0, 0.05) is 12.8 Å². The predicted molar refractivity (Wildman–Crippen MR) is 255 cm³/mol. The van der Waals surface area contributed by atoms with Gasteiger partial charge in [-0.3, -0.25) is 9.59 Å². The molecule has 0 aromatic carbocycles. The first-order valence-electron chi connectivity index (χ1n) is 27.2. The van der Waals surface area contributed by atoms with Crippen LogP contribution < -0.4 is 0 Å². The van der Waals surface area contributed by atoms with Crippen molar-refractivity contribution in [2.45, 2.75) is 236 Å². The Bertz CT molecular complexity index is 1540. The quantitative estimate of drug-likeness (QED) is 0.122. The molecule has 0 spiro atoms. The van der Waals surface area contributed by atoms with Crippen molar-refractivity contribution in [3.05, 3.63) is 23.3 Å². The van der Waals surface area contributed by atoms with Crippen molar-refractivity contribution < 1.29 is 19.1 Å². The van der Waals surface area contributed by atoms with Crippen LogP contribution in [0.15, 0.2) is 23.3 Å². The average molecular weight is 855 g/mol. The van der Waals surface area contributed by atoms with Gasteiger partial charge in [-0.25, -0.2) is 0 Å². The number of carbonyl (C=O) groups is 2. The summed E-state index contributed by atoms with van der Waals surface area (Å²) in [4.78, 5) is 26.5. The lowest BCUT2D eigenvalue weighted by Crippen LogP contribution is -2.51. The lowest BCUT2D eigenvalue weighted by Gasteiger charge is -2.58. The van der Waals surface area contributed by atoms with Gasteiger partial charge in [0.1, 0.15) is 12.2 Å². The van der Waals surface area contributed by atoms with E-state index in [0.29, 0.717) is 10.8 Å². The van der Waals surface area contributed by atoms with Gasteiger partial charge in [-0.15, -0.1) is 0 Å². The minimum Gasteiger partial charge on any atom is -0.462 e. The molecule has 16 atom stereocenters. The minimum atomic E-state index is -0.224. The molecule has 0 aliphatic heterocycles. The molecule has 4 nitrogen and oxygen atoms in total. The Kier molecular flexibility index (Phi) is 14.1. The summed E-state index contributed by atoms with van der Waals surface area (Å²) < 4.78 is 12.3. The molecule has 0 bridgehead atoms. The second-order valence-corrected chi connectivity index (χ2v) is 25.8. The van der Waals surface area contributed by atoms with Crippen molar-refractivity contribution in [3.8, 4) is 0 Å². The molecular formula is C58H94O4. The zero-order valence-corrected chi connectivity index (χ0v) is 41.8. The van der Waals surface area contributed by atoms with Gasteiger partial charge in [0.05, 0.1) is 12.8 Å². The molecule has 8 aliphatic rings. The van der Waals surface area contributed by atoms with E-state index < -0.39 is 0 Å². The van der Waals surface area contributed by atoms with Crippen LogP contribution in [0.4, 0.5) is 0 Å². The molecule has 6 saturated carbocycles. The lowest BCUT2D eigenvalue weighted by atomic mass is 9.47. The predicted octanol–water partition coefficient (Wildman–Crippen LogP) is 15.7. The third-order valence-corrected chi connectivity index (χ3v) is 21.6. The van der Waals surface area contributed by atoms with E-state index in [2.05, 4.69) is 81.4 Å². The number of hydrogen-bond acceptors (Lipinski definition) is 4. The summed E-state index contributed by atoms with van der Waals surface area (Å²) in [6, 6.07) is 0. The maximum atomic E-state index is 13.3. The van der Waals surface area contributed by atoms with E-state index in [4.69, 9.17) is 9.47 Å². The molecule has 0 aromatic heterocycles. The molecule has 350 valence electrons. The van der Waals surface area contributed by atoms with Gasteiger partial charge >= 0.3 is 11.9 Å². The van der Waals surface area contributed by atoms with E-state index in [1.165, 1.54) is 103 Å². The highest BCUT2D eigenvalue weighted by Crippen LogP contribution is 2.69. The summed E-state index contributed by atoms with van der Waals surface area (Å²) in [6.45, 7) is 25.1. The van der Waals surface area contributed by atoms with Crippen molar-refractivity contribution >= 4 is 11.9 Å². The molecule has 8 rings (SSSR count). The molecule has 0 radical (unpaired) electrons. The van der Waals surface area contributed by atoms with Crippen molar-refractivity contribution in [3.63, 3.8) is 0 Å². The summed E-state index contributed by atoms with van der Waals surface area (Å²) in [5.41, 5.74) is 4.62. The number of esters is 2. The molecule has 0 amide bonds. The molecule has 62 heavy (non-hydrogen) atoms. The van der Waals surface area contributed by atoms with E-state index >= 15 is 0 Å². The highest BCUT2D eigenvalue weighted by Gasteiger charge is 2.61.